The lowest BCUT2D eigenvalue weighted by atomic mass is 10.3. The van der Waals surface area contributed by atoms with Crippen molar-refractivity contribution in [3.63, 3.8) is 0 Å². The average Bonchev–Trinajstić information content (AvgIpc) is 2.62. The molecule has 1 atom stereocenters. The molecule has 0 aliphatic carbocycles. The monoisotopic (exact) mass is 279 g/mol. The molecule has 1 aromatic rings. The lowest BCUT2D eigenvalue weighted by Crippen LogP contribution is -2.20. The Morgan fingerprint density at radius 3 is 2.71 bits per heavy atom. The van der Waals surface area contributed by atoms with E-state index in [0.29, 0.717) is 6.01 Å². The van der Waals surface area contributed by atoms with Crippen LogP contribution in [0, 0.1) is 0 Å². The molecule has 1 aliphatic heterocycles. The summed E-state index contributed by atoms with van der Waals surface area (Å²) < 4.78 is 6.39. The number of ether oxygens (including phenoxy) is 1. The van der Waals surface area contributed by atoms with Crippen LogP contribution in [0.25, 0.3) is 0 Å². The van der Waals surface area contributed by atoms with Crippen LogP contribution >= 0.6 is 28.3 Å². The molecule has 0 radical (unpaired) electrons. The number of nitrogens with one attached hydrogen (secondary N) is 1. The third-order valence-corrected chi connectivity index (χ3v) is 2.29. The lowest BCUT2D eigenvalue weighted by molar-refractivity contribution is 0.204. The van der Waals surface area contributed by atoms with Gasteiger partial charge < -0.3 is 10.1 Å². The van der Waals surface area contributed by atoms with Gasteiger partial charge in [-0.3, -0.25) is 0 Å². The number of halogens is 2. The second kappa shape index (κ2) is 5.48. The van der Waals surface area contributed by atoms with E-state index in [-0.39, 0.29) is 18.5 Å². The number of rotatable bonds is 2. The van der Waals surface area contributed by atoms with E-state index in [1.54, 1.807) is 12.4 Å². The zero-order chi connectivity index (χ0) is 9.10. The fourth-order valence-electron chi connectivity index (χ4n) is 1.24. The van der Waals surface area contributed by atoms with Crippen molar-refractivity contribution >= 4 is 28.3 Å². The van der Waals surface area contributed by atoms with E-state index >= 15 is 0 Å². The Hall–Kier alpha value is -0.390. The van der Waals surface area contributed by atoms with Crippen molar-refractivity contribution in [3.8, 4) is 6.01 Å². The summed E-state index contributed by atoms with van der Waals surface area (Å²) in [4.78, 5) is 8.07. The second-order valence-corrected chi connectivity index (χ2v) is 3.83. The van der Waals surface area contributed by atoms with E-state index in [1.165, 1.54) is 0 Å². The summed E-state index contributed by atoms with van der Waals surface area (Å²) >= 11 is 3.27. The Kier molecular flexibility index (Phi) is 4.57. The highest BCUT2D eigenvalue weighted by molar-refractivity contribution is 9.10. The highest BCUT2D eigenvalue weighted by Gasteiger charge is 2.16. The van der Waals surface area contributed by atoms with Crippen molar-refractivity contribution < 1.29 is 4.74 Å². The van der Waals surface area contributed by atoms with Crippen LogP contribution in [-0.4, -0.2) is 29.2 Å². The Morgan fingerprint density at radius 2 is 2.14 bits per heavy atom. The maximum atomic E-state index is 5.52. The number of hydrogen-bond donors (Lipinski definition) is 1. The first-order chi connectivity index (χ1) is 6.34. The molecule has 0 saturated carbocycles. The molecule has 14 heavy (non-hydrogen) atoms. The molecule has 6 heteroatoms. The van der Waals surface area contributed by atoms with Crippen LogP contribution < -0.4 is 10.1 Å². The molecular formula is C8H11BrClN3O. The van der Waals surface area contributed by atoms with E-state index in [1.807, 2.05) is 0 Å². The van der Waals surface area contributed by atoms with E-state index < -0.39 is 0 Å². The van der Waals surface area contributed by atoms with Crippen molar-refractivity contribution in [2.45, 2.75) is 12.5 Å². The minimum Gasteiger partial charge on any atom is -0.459 e. The quantitative estimate of drug-likeness (QED) is 0.890. The summed E-state index contributed by atoms with van der Waals surface area (Å²) in [6.07, 6.45) is 4.62. The molecule has 1 unspecified atom stereocenters. The zero-order valence-electron chi connectivity index (χ0n) is 7.44. The van der Waals surface area contributed by atoms with Crippen LogP contribution in [0.2, 0.25) is 0 Å². The Balaban J connectivity index is 0.000000980. The van der Waals surface area contributed by atoms with E-state index in [4.69, 9.17) is 4.74 Å². The largest absolute Gasteiger partial charge is 0.459 e. The van der Waals surface area contributed by atoms with Crippen LogP contribution in [0.5, 0.6) is 6.01 Å². The smallest absolute Gasteiger partial charge is 0.316 e. The Bertz CT molecular complexity index is 276. The van der Waals surface area contributed by atoms with Crippen LogP contribution in [0.1, 0.15) is 6.42 Å². The van der Waals surface area contributed by atoms with Gasteiger partial charge >= 0.3 is 6.01 Å². The first kappa shape index (κ1) is 11.7. The predicted molar refractivity (Wildman–Crippen MR) is 58.9 cm³/mol. The Labute approximate surface area is 97.0 Å². The third-order valence-electron chi connectivity index (χ3n) is 1.88. The minimum atomic E-state index is 0. The summed E-state index contributed by atoms with van der Waals surface area (Å²) in [6, 6.07) is 0.455. The summed E-state index contributed by atoms with van der Waals surface area (Å²) in [6.45, 7) is 1.90. The van der Waals surface area contributed by atoms with Crippen LogP contribution in [0.3, 0.4) is 0 Å². The van der Waals surface area contributed by atoms with Crippen molar-refractivity contribution in [1.82, 2.24) is 15.3 Å². The number of hydrogen-bond acceptors (Lipinski definition) is 4. The molecule has 1 N–H and O–H groups in total. The maximum absolute atomic E-state index is 5.52. The Morgan fingerprint density at radius 1 is 1.43 bits per heavy atom. The minimum absolute atomic E-state index is 0. The fraction of sp³-hybridized carbons (Fsp3) is 0.500. The van der Waals surface area contributed by atoms with E-state index in [9.17, 15) is 0 Å². The number of nitrogens with zero attached hydrogens (tertiary/aromatic N) is 2. The lowest BCUT2D eigenvalue weighted by Gasteiger charge is -2.09. The fourth-order valence-corrected chi connectivity index (χ4v) is 1.44. The molecule has 1 fully saturated rings. The van der Waals surface area contributed by atoms with Gasteiger partial charge in [0.05, 0.1) is 4.47 Å². The molecule has 0 spiro atoms. The zero-order valence-corrected chi connectivity index (χ0v) is 9.84. The summed E-state index contributed by atoms with van der Waals surface area (Å²) in [5.74, 6) is 0. The van der Waals surface area contributed by atoms with Gasteiger partial charge in [-0.25, -0.2) is 9.97 Å². The number of aromatic nitrogens is 2. The van der Waals surface area contributed by atoms with Gasteiger partial charge in [0.1, 0.15) is 6.10 Å². The average molecular weight is 281 g/mol. The van der Waals surface area contributed by atoms with Gasteiger partial charge in [0.15, 0.2) is 0 Å². The first-order valence-electron chi connectivity index (χ1n) is 4.19. The van der Waals surface area contributed by atoms with Crippen molar-refractivity contribution in [1.29, 1.82) is 0 Å². The van der Waals surface area contributed by atoms with Gasteiger partial charge in [0.2, 0.25) is 0 Å². The molecule has 1 aliphatic rings. The molecule has 2 heterocycles. The molecule has 1 saturated heterocycles. The van der Waals surface area contributed by atoms with E-state index in [0.717, 1.165) is 24.0 Å². The van der Waals surface area contributed by atoms with Gasteiger partial charge in [-0.05, 0) is 28.9 Å². The molecule has 0 aromatic carbocycles. The molecule has 1 aromatic heterocycles. The topological polar surface area (TPSA) is 47.0 Å². The normalized spacial score (nSPS) is 20.2. The molecular weight excluding hydrogens is 269 g/mol. The molecule has 0 amide bonds. The van der Waals surface area contributed by atoms with Gasteiger partial charge in [-0.2, -0.15) is 0 Å². The summed E-state index contributed by atoms with van der Waals surface area (Å²) in [7, 11) is 0. The molecule has 4 nitrogen and oxygen atoms in total. The van der Waals surface area contributed by atoms with Crippen LogP contribution in [-0.2, 0) is 0 Å². The van der Waals surface area contributed by atoms with Crippen molar-refractivity contribution in [2.75, 3.05) is 13.1 Å². The van der Waals surface area contributed by atoms with Crippen molar-refractivity contribution in [3.05, 3.63) is 16.9 Å². The van der Waals surface area contributed by atoms with Gasteiger partial charge in [-0.1, -0.05) is 0 Å². The molecule has 78 valence electrons. The van der Waals surface area contributed by atoms with Crippen LogP contribution in [0.4, 0.5) is 0 Å². The molecule has 2 rings (SSSR count). The van der Waals surface area contributed by atoms with Gasteiger partial charge in [0, 0.05) is 18.9 Å². The predicted octanol–water partition coefficient (Wildman–Crippen LogP) is 1.40. The highest BCUT2D eigenvalue weighted by Crippen LogP contribution is 2.11. The van der Waals surface area contributed by atoms with Crippen molar-refractivity contribution in [2.24, 2.45) is 0 Å². The van der Waals surface area contributed by atoms with Gasteiger partial charge in [0.25, 0.3) is 0 Å². The standard InChI is InChI=1S/C8H10BrN3O.ClH/c9-6-3-11-8(12-4-6)13-7-1-2-10-5-7;/h3-4,7,10H,1-2,5H2;1H. The van der Waals surface area contributed by atoms with Crippen LogP contribution in [0.15, 0.2) is 16.9 Å². The first-order valence-corrected chi connectivity index (χ1v) is 4.99. The molecule has 0 bridgehead atoms. The SMILES string of the molecule is Brc1cnc(OC2CCNC2)nc1.Cl. The summed E-state index contributed by atoms with van der Waals surface area (Å²) in [5, 5.41) is 3.21. The van der Waals surface area contributed by atoms with Gasteiger partial charge in [-0.15, -0.1) is 12.4 Å². The maximum Gasteiger partial charge on any atom is 0.316 e. The summed E-state index contributed by atoms with van der Waals surface area (Å²) in [5.41, 5.74) is 0. The third kappa shape index (κ3) is 3.08. The second-order valence-electron chi connectivity index (χ2n) is 2.92. The highest BCUT2D eigenvalue weighted by atomic mass is 79.9. The van der Waals surface area contributed by atoms with E-state index in [2.05, 4.69) is 31.2 Å².